The van der Waals surface area contributed by atoms with Crippen LogP contribution in [0.5, 0.6) is 5.75 Å². The van der Waals surface area contributed by atoms with E-state index in [0.717, 1.165) is 18.7 Å². The lowest BCUT2D eigenvalue weighted by Gasteiger charge is -2.12. The monoisotopic (exact) mass is 260 g/mol. The zero-order chi connectivity index (χ0) is 14.0. The first-order valence-corrected chi connectivity index (χ1v) is 6.97. The molecule has 0 spiro atoms. The van der Waals surface area contributed by atoms with Crippen molar-refractivity contribution in [3.8, 4) is 5.75 Å². The zero-order valence-electron chi connectivity index (χ0n) is 12.6. The van der Waals surface area contributed by atoms with Crippen molar-refractivity contribution in [2.45, 2.75) is 39.8 Å². The highest BCUT2D eigenvalue weighted by atomic mass is 16.5. The molecule has 1 N–H and O–H groups in total. The highest BCUT2D eigenvalue weighted by molar-refractivity contribution is 5.86. The molecule has 2 aromatic rings. The molecule has 3 heteroatoms. The van der Waals surface area contributed by atoms with Crippen LogP contribution in [0.4, 0.5) is 0 Å². The van der Waals surface area contributed by atoms with E-state index in [1.165, 1.54) is 22.2 Å². The van der Waals surface area contributed by atoms with Gasteiger partial charge in [-0.05, 0) is 51.1 Å². The number of benzene rings is 1. The summed E-state index contributed by atoms with van der Waals surface area (Å²) < 4.78 is 8.17. The fourth-order valence-corrected chi connectivity index (χ4v) is 2.42. The summed E-state index contributed by atoms with van der Waals surface area (Å²) >= 11 is 0. The molecule has 1 unspecified atom stereocenters. The topological polar surface area (TPSA) is 26.2 Å². The average molecular weight is 260 g/mol. The minimum absolute atomic E-state index is 0.259. The standard InChI is InChI=1S/C16H24N2O/c1-6-11(2)19-13-7-8-16-14(9-13)15(10-17-4)12(3)18(16)5/h7-9,11,17H,6,10H2,1-5H3. The molecule has 0 amide bonds. The summed E-state index contributed by atoms with van der Waals surface area (Å²) in [4.78, 5) is 0. The summed E-state index contributed by atoms with van der Waals surface area (Å²) in [6.45, 7) is 7.30. The Labute approximate surface area is 115 Å². The average Bonchev–Trinajstić information content (AvgIpc) is 2.64. The zero-order valence-corrected chi connectivity index (χ0v) is 12.6. The fourth-order valence-electron chi connectivity index (χ4n) is 2.42. The third-order valence-electron chi connectivity index (χ3n) is 3.86. The molecule has 19 heavy (non-hydrogen) atoms. The van der Waals surface area contributed by atoms with E-state index in [0.29, 0.717) is 0 Å². The smallest absolute Gasteiger partial charge is 0.120 e. The maximum Gasteiger partial charge on any atom is 0.120 e. The first-order chi connectivity index (χ1) is 9.08. The molecule has 1 aromatic carbocycles. The molecule has 1 atom stereocenters. The number of fused-ring (bicyclic) bond motifs is 1. The van der Waals surface area contributed by atoms with Crippen molar-refractivity contribution in [3.05, 3.63) is 29.5 Å². The molecular formula is C16H24N2O. The van der Waals surface area contributed by atoms with Gasteiger partial charge in [-0.2, -0.15) is 0 Å². The Morgan fingerprint density at radius 2 is 2.11 bits per heavy atom. The van der Waals surface area contributed by atoms with Gasteiger partial charge in [0, 0.05) is 30.2 Å². The Morgan fingerprint density at radius 3 is 2.74 bits per heavy atom. The summed E-state index contributed by atoms with van der Waals surface area (Å²) in [6.07, 6.45) is 1.28. The number of aromatic nitrogens is 1. The molecule has 0 aliphatic carbocycles. The van der Waals surface area contributed by atoms with E-state index >= 15 is 0 Å². The molecule has 0 bridgehead atoms. The molecule has 1 heterocycles. The second kappa shape index (κ2) is 5.66. The summed E-state index contributed by atoms with van der Waals surface area (Å²) in [5, 5.41) is 4.53. The van der Waals surface area contributed by atoms with E-state index in [1.807, 2.05) is 7.05 Å². The van der Waals surface area contributed by atoms with Crippen LogP contribution in [0.3, 0.4) is 0 Å². The van der Waals surface area contributed by atoms with Crippen LogP contribution in [-0.2, 0) is 13.6 Å². The van der Waals surface area contributed by atoms with Crippen molar-refractivity contribution in [1.29, 1.82) is 0 Å². The van der Waals surface area contributed by atoms with Crippen molar-refractivity contribution in [3.63, 3.8) is 0 Å². The minimum Gasteiger partial charge on any atom is -0.491 e. The Kier molecular flexibility index (Phi) is 4.15. The van der Waals surface area contributed by atoms with E-state index in [2.05, 4.69) is 55.9 Å². The van der Waals surface area contributed by atoms with Gasteiger partial charge in [0.2, 0.25) is 0 Å². The lowest BCUT2D eigenvalue weighted by atomic mass is 10.1. The number of rotatable bonds is 5. The van der Waals surface area contributed by atoms with E-state index in [-0.39, 0.29) is 6.10 Å². The van der Waals surface area contributed by atoms with Gasteiger partial charge in [0.25, 0.3) is 0 Å². The number of hydrogen-bond donors (Lipinski definition) is 1. The van der Waals surface area contributed by atoms with Crippen LogP contribution in [0.15, 0.2) is 18.2 Å². The predicted octanol–water partition coefficient (Wildman–Crippen LogP) is 3.38. The maximum atomic E-state index is 5.92. The molecule has 0 aliphatic rings. The SMILES string of the molecule is CCC(C)Oc1ccc2c(c1)c(CNC)c(C)n2C. The lowest BCUT2D eigenvalue weighted by Crippen LogP contribution is -2.09. The van der Waals surface area contributed by atoms with Crippen molar-refractivity contribution in [1.82, 2.24) is 9.88 Å². The molecule has 2 rings (SSSR count). The van der Waals surface area contributed by atoms with E-state index in [4.69, 9.17) is 4.74 Å². The highest BCUT2D eigenvalue weighted by Crippen LogP contribution is 2.29. The number of nitrogens with one attached hydrogen (secondary N) is 1. The molecule has 3 nitrogen and oxygen atoms in total. The largest absolute Gasteiger partial charge is 0.491 e. The maximum absolute atomic E-state index is 5.92. The van der Waals surface area contributed by atoms with Gasteiger partial charge in [-0.25, -0.2) is 0 Å². The number of aryl methyl sites for hydroxylation is 1. The third kappa shape index (κ3) is 2.61. The van der Waals surface area contributed by atoms with Gasteiger partial charge in [0.15, 0.2) is 0 Å². The first kappa shape index (κ1) is 13.9. The molecule has 104 valence electrons. The predicted molar refractivity (Wildman–Crippen MR) is 80.8 cm³/mol. The van der Waals surface area contributed by atoms with Gasteiger partial charge in [-0.15, -0.1) is 0 Å². The van der Waals surface area contributed by atoms with E-state index in [9.17, 15) is 0 Å². The van der Waals surface area contributed by atoms with Crippen LogP contribution >= 0.6 is 0 Å². The van der Waals surface area contributed by atoms with Gasteiger partial charge in [-0.3, -0.25) is 0 Å². The van der Waals surface area contributed by atoms with Gasteiger partial charge >= 0.3 is 0 Å². The summed E-state index contributed by atoms with van der Waals surface area (Å²) in [5.74, 6) is 0.963. The molecular weight excluding hydrogens is 236 g/mol. The van der Waals surface area contributed by atoms with Crippen LogP contribution in [0, 0.1) is 6.92 Å². The molecule has 0 saturated heterocycles. The summed E-state index contributed by atoms with van der Waals surface area (Å²) in [6, 6.07) is 6.39. The van der Waals surface area contributed by atoms with Crippen molar-refractivity contribution >= 4 is 10.9 Å². The second-order valence-electron chi connectivity index (χ2n) is 5.17. The molecule has 0 aliphatic heterocycles. The fraction of sp³-hybridized carbons (Fsp3) is 0.500. The van der Waals surface area contributed by atoms with E-state index < -0.39 is 0 Å². The van der Waals surface area contributed by atoms with Crippen molar-refractivity contribution in [2.75, 3.05) is 7.05 Å². The lowest BCUT2D eigenvalue weighted by molar-refractivity contribution is 0.217. The Bertz CT molecular complexity index is 572. The van der Waals surface area contributed by atoms with Crippen LogP contribution in [0.1, 0.15) is 31.5 Å². The van der Waals surface area contributed by atoms with Crippen LogP contribution < -0.4 is 10.1 Å². The second-order valence-corrected chi connectivity index (χ2v) is 5.17. The molecule has 1 aromatic heterocycles. The molecule has 0 saturated carbocycles. The Morgan fingerprint density at radius 1 is 1.37 bits per heavy atom. The minimum atomic E-state index is 0.259. The third-order valence-corrected chi connectivity index (χ3v) is 3.86. The summed E-state index contributed by atoms with van der Waals surface area (Å²) in [7, 11) is 4.10. The van der Waals surface area contributed by atoms with Gasteiger partial charge < -0.3 is 14.6 Å². The quantitative estimate of drug-likeness (QED) is 0.892. The Balaban J connectivity index is 2.48. The van der Waals surface area contributed by atoms with Crippen LogP contribution in [-0.4, -0.2) is 17.7 Å². The first-order valence-electron chi connectivity index (χ1n) is 6.97. The molecule has 0 radical (unpaired) electrons. The normalized spacial score (nSPS) is 12.9. The van der Waals surface area contributed by atoms with Crippen molar-refractivity contribution < 1.29 is 4.74 Å². The van der Waals surface area contributed by atoms with Gasteiger partial charge in [0.05, 0.1) is 6.10 Å². The number of hydrogen-bond acceptors (Lipinski definition) is 2. The van der Waals surface area contributed by atoms with Gasteiger partial charge in [-0.1, -0.05) is 6.92 Å². The van der Waals surface area contributed by atoms with Crippen LogP contribution in [0.2, 0.25) is 0 Å². The van der Waals surface area contributed by atoms with E-state index in [1.54, 1.807) is 0 Å². The highest BCUT2D eigenvalue weighted by Gasteiger charge is 2.12. The van der Waals surface area contributed by atoms with Gasteiger partial charge in [0.1, 0.15) is 5.75 Å². The number of ether oxygens (including phenoxy) is 1. The number of nitrogens with zero attached hydrogens (tertiary/aromatic N) is 1. The molecule has 0 fully saturated rings. The van der Waals surface area contributed by atoms with Crippen molar-refractivity contribution in [2.24, 2.45) is 7.05 Å². The van der Waals surface area contributed by atoms with Crippen LogP contribution in [0.25, 0.3) is 10.9 Å². The Hall–Kier alpha value is -1.48. The summed E-state index contributed by atoms with van der Waals surface area (Å²) in [5.41, 5.74) is 3.93.